The number of methoxy groups -OCH3 is 1. The van der Waals surface area contributed by atoms with E-state index in [9.17, 15) is 4.79 Å². The van der Waals surface area contributed by atoms with Crippen LogP contribution in [0.15, 0.2) is 42.5 Å². The standard InChI is InChI=1S/C20H25NO3/c1-14-5-6-15(2)19(13-14)24-20(22)21-16(3)7-8-17-9-11-18(23-4)12-10-17/h5-6,9-13,16H,7-8H2,1-4H3,(H,21,22). The van der Waals surface area contributed by atoms with Crippen LogP contribution in [-0.2, 0) is 6.42 Å². The molecule has 0 fully saturated rings. The Labute approximate surface area is 143 Å². The first-order valence-electron chi connectivity index (χ1n) is 8.16. The normalized spacial score (nSPS) is 11.7. The molecular formula is C20H25NO3. The van der Waals surface area contributed by atoms with Gasteiger partial charge in [-0.2, -0.15) is 0 Å². The van der Waals surface area contributed by atoms with Gasteiger partial charge in [0.2, 0.25) is 0 Å². The fourth-order valence-electron chi connectivity index (χ4n) is 2.40. The Bertz CT molecular complexity index is 680. The molecular weight excluding hydrogens is 302 g/mol. The summed E-state index contributed by atoms with van der Waals surface area (Å²) in [6, 6.07) is 13.8. The summed E-state index contributed by atoms with van der Waals surface area (Å²) in [6.45, 7) is 5.88. The lowest BCUT2D eigenvalue weighted by atomic mass is 10.1. The molecule has 0 aromatic heterocycles. The first-order valence-corrected chi connectivity index (χ1v) is 8.16. The minimum atomic E-state index is -0.411. The fourth-order valence-corrected chi connectivity index (χ4v) is 2.40. The van der Waals surface area contributed by atoms with Gasteiger partial charge in [0.25, 0.3) is 0 Å². The zero-order valence-corrected chi connectivity index (χ0v) is 14.8. The summed E-state index contributed by atoms with van der Waals surface area (Å²) < 4.78 is 10.6. The van der Waals surface area contributed by atoms with Crippen molar-refractivity contribution in [3.8, 4) is 11.5 Å². The van der Waals surface area contributed by atoms with E-state index < -0.39 is 6.09 Å². The van der Waals surface area contributed by atoms with Crippen molar-refractivity contribution in [2.24, 2.45) is 0 Å². The Morgan fingerprint density at radius 1 is 1.12 bits per heavy atom. The Kier molecular flexibility index (Phi) is 6.24. The van der Waals surface area contributed by atoms with Gasteiger partial charge in [0.1, 0.15) is 11.5 Å². The van der Waals surface area contributed by atoms with Gasteiger partial charge >= 0.3 is 6.09 Å². The van der Waals surface area contributed by atoms with Gasteiger partial charge in [0.15, 0.2) is 0 Å². The van der Waals surface area contributed by atoms with E-state index >= 15 is 0 Å². The predicted molar refractivity (Wildman–Crippen MR) is 95.9 cm³/mol. The van der Waals surface area contributed by atoms with Crippen molar-refractivity contribution in [1.82, 2.24) is 5.32 Å². The van der Waals surface area contributed by atoms with Gasteiger partial charge in [0.05, 0.1) is 7.11 Å². The van der Waals surface area contributed by atoms with Gasteiger partial charge in [0, 0.05) is 6.04 Å². The highest BCUT2D eigenvalue weighted by Crippen LogP contribution is 2.19. The van der Waals surface area contributed by atoms with Crippen molar-refractivity contribution in [3.05, 3.63) is 59.2 Å². The van der Waals surface area contributed by atoms with Gasteiger partial charge in [-0.15, -0.1) is 0 Å². The molecule has 0 aliphatic carbocycles. The lowest BCUT2D eigenvalue weighted by Crippen LogP contribution is -2.35. The summed E-state index contributed by atoms with van der Waals surface area (Å²) in [5, 5.41) is 2.88. The first kappa shape index (κ1) is 17.9. The summed E-state index contributed by atoms with van der Waals surface area (Å²) in [4.78, 5) is 12.0. The van der Waals surface area contributed by atoms with E-state index in [1.165, 1.54) is 5.56 Å². The lowest BCUT2D eigenvalue weighted by molar-refractivity contribution is 0.196. The SMILES string of the molecule is COc1ccc(CCC(C)NC(=O)Oc2cc(C)ccc2C)cc1. The average molecular weight is 327 g/mol. The van der Waals surface area contributed by atoms with Crippen LogP contribution in [0.3, 0.4) is 0 Å². The molecule has 2 aromatic rings. The van der Waals surface area contributed by atoms with E-state index in [0.717, 1.165) is 29.7 Å². The third-order valence-electron chi connectivity index (χ3n) is 3.94. The van der Waals surface area contributed by atoms with Gasteiger partial charge in [-0.05, 0) is 68.5 Å². The van der Waals surface area contributed by atoms with E-state index in [0.29, 0.717) is 5.75 Å². The van der Waals surface area contributed by atoms with Crippen LogP contribution in [0.2, 0.25) is 0 Å². The van der Waals surface area contributed by atoms with Crippen LogP contribution in [-0.4, -0.2) is 19.2 Å². The molecule has 1 atom stereocenters. The van der Waals surface area contributed by atoms with Gasteiger partial charge in [-0.1, -0.05) is 24.3 Å². The Balaban J connectivity index is 1.81. The molecule has 0 bridgehead atoms. The van der Waals surface area contributed by atoms with Crippen molar-refractivity contribution < 1.29 is 14.3 Å². The number of benzene rings is 2. The summed E-state index contributed by atoms with van der Waals surface area (Å²) in [7, 11) is 1.66. The van der Waals surface area contributed by atoms with Crippen molar-refractivity contribution in [2.75, 3.05) is 7.11 Å². The molecule has 128 valence electrons. The Hall–Kier alpha value is -2.49. The molecule has 1 unspecified atom stereocenters. The molecule has 2 rings (SSSR count). The van der Waals surface area contributed by atoms with Crippen LogP contribution < -0.4 is 14.8 Å². The highest BCUT2D eigenvalue weighted by atomic mass is 16.6. The average Bonchev–Trinajstić information content (AvgIpc) is 2.56. The zero-order chi connectivity index (χ0) is 17.5. The molecule has 24 heavy (non-hydrogen) atoms. The Morgan fingerprint density at radius 3 is 2.50 bits per heavy atom. The highest BCUT2D eigenvalue weighted by molar-refractivity contribution is 5.71. The molecule has 0 spiro atoms. The largest absolute Gasteiger partial charge is 0.497 e. The van der Waals surface area contributed by atoms with Crippen molar-refractivity contribution in [3.63, 3.8) is 0 Å². The number of nitrogens with one attached hydrogen (secondary N) is 1. The maximum atomic E-state index is 12.0. The Morgan fingerprint density at radius 2 is 1.83 bits per heavy atom. The van der Waals surface area contributed by atoms with E-state index in [4.69, 9.17) is 9.47 Å². The monoisotopic (exact) mass is 327 g/mol. The number of aryl methyl sites for hydroxylation is 3. The maximum absolute atomic E-state index is 12.0. The molecule has 0 radical (unpaired) electrons. The van der Waals surface area contributed by atoms with Crippen LogP contribution >= 0.6 is 0 Å². The van der Waals surface area contributed by atoms with E-state index in [1.807, 2.05) is 63.2 Å². The molecule has 4 nitrogen and oxygen atoms in total. The predicted octanol–water partition coefficient (Wildman–Crippen LogP) is 4.42. The van der Waals surface area contributed by atoms with Crippen molar-refractivity contribution in [2.45, 2.75) is 39.7 Å². The number of ether oxygens (including phenoxy) is 2. The second-order valence-electron chi connectivity index (χ2n) is 6.09. The van der Waals surface area contributed by atoms with Gasteiger partial charge in [-0.25, -0.2) is 4.79 Å². The third kappa shape index (κ3) is 5.30. The fraction of sp³-hybridized carbons (Fsp3) is 0.350. The van der Waals surface area contributed by atoms with Crippen molar-refractivity contribution in [1.29, 1.82) is 0 Å². The maximum Gasteiger partial charge on any atom is 0.412 e. The second kappa shape index (κ2) is 8.39. The van der Waals surface area contributed by atoms with E-state index in [1.54, 1.807) is 7.11 Å². The van der Waals surface area contributed by atoms with Crippen LogP contribution in [0.5, 0.6) is 11.5 Å². The topological polar surface area (TPSA) is 47.6 Å². The van der Waals surface area contributed by atoms with Crippen LogP contribution in [0.25, 0.3) is 0 Å². The number of hydrogen-bond acceptors (Lipinski definition) is 3. The molecule has 0 aliphatic heterocycles. The minimum Gasteiger partial charge on any atom is -0.497 e. The summed E-state index contributed by atoms with van der Waals surface area (Å²) >= 11 is 0. The second-order valence-corrected chi connectivity index (χ2v) is 6.09. The molecule has 0 saturated carbocycles. The number of hydrogen-bond donors (Lipinski definition) is 1. The third-order valence-corrected chi connectivity index (χ3v) is 3.94. The summed E-state index contributed by atoms with van der Waals surface area (Å²) in [6.07, 6.45) is 1.31. The van der Waals surface area contributed by atoms with Crippen LogP contribution in [0.4, 0.5) is 4.79 Å². The van der Waals surface area contributed by atoms with E-state index in [-0.39, 0.29) is 6.04 Å². The number of carbonyl (C=O) groups is 1. The number of rotatable bonds is 6. The van der Waals surface area contributed by atoms with Crippen molar-refractivity contribution >= 4 is 6.09 Å². The first-order chi connectivity index (χ1) is 11.5. The quantitative estimate of drug-likeness (QED) is 0.854. The van der Waals surface area contributed by atoms with Gasteiger partial charge < -0.3 is 14.8 Å². The minimum absolute atomic E-state index is 0.0321. The molecule has 0 saturated heterocycles. The number of amides is 1. The molecule has 0 aliphatic rings. The zero-order valence-electron chi connectivity index (χ0n) is 14.8. The van der Waals surface area contributed by atoms with E-state index in [2.05, 4.69) is 5.32 Å². The molecule has 2 aromatic carbocycles. The number of carbonyl (C=O) groups excluding carboxylic acids is 1. The molecule has 1 N–H and O–H groups in total. The molecule has 0 heterocycles. The highest BCUT2D eigenvalue weighted by Gasteiger charge is 2.11. The summed E-state index contributed by atoms with van der Waals surface area (Å²) in [5.41, 5.74) is 3.23. The van der Waals surface area contributed by atoms with Gasteiger partial charge in [-0.3, -0.25) is 0 Å². The van der Waals surface area contributed by atoms with Crippen LogP contribution in [0.1, 0.15) is 30.0 Å². The lowest BCUT2D eigenvalue weighted by Gasteiger charge is -2.15. The molecule has 4 heteroatoms. The van der Waals surface area contributed by atoms with Crippen LogP contribution in [0, 0.1) is 13.8 Å². The molecule has 1 amide bonds. The smallest absolute Gasteiger partial charge is 0.412 e. The summed E-state index contributed by atoms with van der Waals surface area (Å²) in [5.74, 6) is 1.46.